The molecule has 0 aliphatic carbocycles. The predicted molar refractivity (Wildman–Crippen MR) is 57.7 cm³/mol. The van der Waals surface area contributed by atoms with E-state index in [1.54, 1.807) is 0 Å². The highest BCUT2D eigenvalue weighted by atomic mass is 32.2. The van der Waals surface area contributed by atoms with Gasteiger partial charge in [0.2, 0.25) is 10.0 Å². The van der Waals surface area contributed by atoms with Crippen LogP contribution in [0.15, 0.2) is 0 Å². The van der Waals surface area contributed by atoms with Crippen LogP contribution < -0.4 is 5.73 Å². The van der Waals surface area contributed by atoms with Crippen LogP contribution in [0, 0.1) is 5.92 Å². The van der Waals surface area contributed by atoms with E-state index in [2.05, 4.69) is 0 Å². The summed E-state index contributed by atoms with van der Waals surface area (Å²) < 4.78 is 48.5. The van der Waals surface area contributed by atoms with E-state index in [9.17, 15) is 17.2 Å². The fourth-order valence-electron chi connectivity index (χ4n) is 2.01. The lowest BCUT2D eigenvalue weighted by atomic mass is 9.93. The summed E-state index contributed by atoms with van der Waals surface area (Å²) in [5.41, 5.74) is 5.28. The predicted octanol–water partition coefficient (Wildman–Crippen LogP) is 0.641. The molecule has 1 aliphatic heterocycles. The Hall–Kier alpha value is -0.270. The lowest BCUT2D eigenvalue weighted by molar-refractivity contribution is 0.0968. The van der Waals surface area contributed by atoms with Crippen LogP contribution in [-0.4, -0.2) is 44.5 Å². The van der Waals surface area contributed by atoms with Crippen molar-refractivity contribution in [2.45, 2.75) is 31.7 Å². The number of nitrogens with zero attached hydrogens (tertiary/aromatic N) is 1. The van der Waals surface area contributed by atoms with Crippen molar-refractivity contribution in [3.63, 3.8) is 0 Å². The summed E-state index contributed by atoms with van der Waals surface area (Å²) in [4.78, 5) is 0. The molecule has 2 unspecified atom stereocenters. The van der Waals surface area contributed by atoms with Gasteiger partial charge in [0, 0.05) is 13.1 Å². The number of alkyl halides is 2. The third-order valence-electron chi connectivity index (χ3n) is 2.88. The van der Waals surface area contributed by atoms with Crippen LogP contribution >= 0.6 is 0 Å². The van der Waals surface area contributed by atoms with E-state index in [-0.39, 0.29) is 12.3 Å². The molecule has 0 radical (unpaired) electrons. The van der Waals surface area contributed by atoms with Crippen LogP contribution in [0.2, 0.25) is 0 Å². The van der Waals surface area contributed by atoms with E-state index in [1.807, 2.05) is 0 Å². The zero-order chi connectivity index (χ0) is 12.3. The van der Waals surface area contributed by atoms with Crippen LogP contribution in [0.25, 0.3) is 0 Å². The third-order valence-corrected chi connectivity index (χ3v) is 4.15. The number of rotatable bonds is 4. The van der Waals surface area contributed by atoms with Crippen molar-refractivity contribution in [1.29, 1.82) is 0 Å². The molecule has 0 bridgehead atoms. The van der Waals surface area contributed by atoms with Gasteiger partial charge in [-0.15, -0.1) is 0 Å². The van der Waals surface area contributed by atoms with E-state index in [1.165, 1.54) is 4.31 Å². The third kappa shape index (κ3) is 3.95. The Morgan fingerprint density at radius 3 is 2.62 bits per heavy atom. The molecule has 16 heavy (non-hydrogen) atoms. The number of hydrogen-bond acceptors (Lipinski definition) is 3. The molecular weight excluding hydrogens is 238 g/mol. The number of halogens is 2. The molecule has 7 heteroatoms. The van der Waals surface area contributed by atoms with E-state index in [0.717, 1.165) is 12.7 Å². The molecule has 96 valence electrons. The summed E-state index contributed by atoms with van der Waals surface area (Å²) in [6.45, 7) is 0.804. The van der Waals surface area contributed by atoms with Gasteiger partial charge < -0.3 is 5.73 Å². The average molecular weight is 256 g/mol. The van der Waals surface area contributed by atoms with Crippen LogP contribution in [0.1, 0.15) is 19.3 Å². The van der Waals surface area contributed by atoms with Crippen LogP contribution in [0.5, 0.6) is 0 Å². The molecular formula is C9H18F2N2O2S. The summed E-state index contributed by atoms with van der Waals surface area (Å²) in [5, 5.41) is 0. The molecule has 0 aromatic heterocycles. The minimum absolute atomic E-state index is 0.0486. The topological polar surface area (TPSA) is 63.4 Å². The average Bonchev–Trinajstić information content (AvgIpc) is 2.16. The van der Waals surface area contributed by atoms with E-state index in [4.69, 9.17) is 5.73 Å². The maximum Gasteiger partial charge on any atom is 0.253 e. The largest absolute Gasteiger partial charge is 0.323 e. The second-order valence-corrected chi connectivity index (χ2v) is 6.35. The second-order valence-electron chi connectivity index (χ2n) is 4.36. The summed E-state index contributed by atoms with van der Waals surface area (Å²) >= 11 is 0. The molecule has 1 rings (SSSR count). The lowest BCUT2D eigenvalue weighted by Crippen LogP contribution is -2.42. The van der Waals surface area contributed by atoms with Gasteiger partial charge in [-0.25, -0.2) is 21.5 Å². The Morgan fingerprint density at radius 2 is 2.12 bits per heavy atom. The fraction of sp³-hybridized carbons (Fsp3) is 1.00. The van der Waals surface area contributed by atoms with Crippen molar-refractivity contribution in [3.05, 3.63) is 0 Å². The van der Waals surface area contributed by atoms with E-state index in [0.29, 0.717) is 19.5 Å². The molecule has 0 saturated carbocycles. The number of nitrogens with two attached hydrogens (primary N) is 1. The maximum absolute atomic E-state index is 12.3. The van der Waals surface area contributed by atoms with Crippen molar-refractivity contribution in [1.82, 2.24) is 4.31 Å². The Kier molecular flexibility index (Phi) is 4.63. The fourth-order valence-corrected chi connectivity index (χ4v) is 2.95. The standard InChI is InChI=1S/C9H18F2N2O2S/c1-16(14,15)13-4-2-3-7(6-13)5-8(12)9(10)11/h7-9H,2-6,12H2,1H3. The molecule has 1 heterocycles. The lowest BCUT2D eigenvalue weighted by Gasteiger charge is -2.32. The monoisotopic (exact) mass is 256 g/mol. The van der Waals surface area contributed by atoms with Gasteiger partial charge in [0.25, 0.3) is 6.43 Å². The van der Waals surface area contributed by atoms with E-state index < -0.39 is 22.5 Å². The zero-order valence-corrected chi connectivity index (χ0v) is 10.1. The van der Waals surface area contributed by atoms with Crippen LogP contribution in [0.3, 0.4) is 0 Å². The summed E-state index contributed by atoms with van der Waals surface area (Å²) in [5.74, 6) is -0.0486. The Labute approximate surface area is 94.8 Å². The highest BCUT2D eigenvalue weighted by Crippen LogP contribution is 2.23. The van der Waals surface area contributed by atoms with Gasteiger partial charge in [-0.05, 0) is 25.2 Å². The van der Waals surface area contributed by atoms with Crippen LogP contribution in [-0.2, 0) is 10.0 Å². The molecule has 0 spiro atoms. The van der Waals surface area contributed by atoms with Gasteiger partial charge >= 0.3 is 0 Å². The Bertz CT molecular complexity index is 321. The first-order valence-electron chi connectivity index (χ1n) is 5.29. The summed E-state index contributed by atoms with van der Waals surface area (Å²) in [7, 11) is -3.21. The zero-order valence-electron chi connectivity index (χ0n) is 9.27. The minimum atomic E-state index is -3.21. The van der Waals surface area contributed by atoms with Gasteiger partial charge in [0.15, 0.2) is 0 Å². The molecule has 4 nitrogen and oxygen atoms in total. The molecule has 1 aliphatic rings. The van der Waals surface area contributed by atoms with Crippen molar-refractivity contribution < 1.29 is 17.2 Å². The molecule has 2 N–H and O–H groups in total. The van der Waals surface area contributed by atoms with Gasteiger partial charge in [-0.1, -0.05) is 0 Å². The molecule has 0 aromatic rings. The normalized spacial score (nSPS) is 25.9. The quantitative estimate of drug-likeness (QED) is 0.803. The number of piperidine rings is 1. The molecule has 0 aromatic carbocycles. The molecule has 1 saturated heterocycles. The highest BCUT2D eigenvalue weighted by Gasteiger charge is 2.28. The van der Waals surface area contributed by atoms with Gasteiger partial charge in [-0.3, -0.25) is 0 Å². The van der Waals surface area contributed by atoms with E-state index >= 15 is 0 Å². The number of sulfonamides is 1. The minimum Gasteiger partial charge on any atom is -0.323 e. The molecule has 1 fully saturated rings. The van der Waals surface area contributed by atoms with Crippen molar-refractivity contribution in [2.75, 3.05) is 19.3 Å². The Morgan fingerprint density at radius 1 is 1.50 bits per heavy atom. The first kappa shape index (κ1) is 13.8. The molecule has 2 atom stereocenters. The smallest absolute Gasteiger partial charge is 0.253 e. The maximum atomic E-state index is 12.3. The van der Waals surface area contributed by atoms with Gasteiger partial charge in [0.1, 0.15) is 0 Å². The Balaban J connectivity index is 2.51. The molecule has 0 amide bonds. The van der Waals surface area contributed by atoms with Crippen molar-refractivity contribution >= 4 is 10.0 Å². The highest BCUT2D eigenvalue weighted by molar-refractivity contribution is 7.88. The van der Waals surface area contributed by atoms with Crippen LogP contribution in [0.4, 0.5) is 8.78 Å². The first-order valence-corrected chi connectivity index (χ1v) is 7.14. The SMILES string of the molecule is CS(=O)(=O)N1CCCC(CC(N)C(F)F)C1. The first-order chi connectivity index (χ1) is 7.30. The second kappa shape index (κ2) is 5.37. The van der Waals surface area contributed by atoms with Crippen molar-refractivity contribution in [3.8, 4) is 0 Å². The summed E-state index contributed by atoms with van der Waals surface area (Å²) in [6, 6.07) is -1.15. The van der Waals surface area contributed by atoms with Gasteiger partial charge in [0.05, 0.1) is 12.3 Å². The number of hydrogen-bond donors (Lipinski definition) is 1. The van der Waals surface area contributed by atoms with Crippen molar-refractivity contribution in [2.24, 2.45) is 11.7 Å². The van der Waals surface area contributed by atoms with Gasteiger partial charge in [-0.2, -0.15) is 0 Å². The summed E-state index contributed by atoms with van der Waals surface area (Å²) in [6.07, 6.45) is 0.278.